The van der Waals surface area contributed by atoms with E-state index in [1.807, 2.05) is 30.3 Å². The molecule has 0 amide bonds. The minimum atomic E-state index is -1.12. The quantitative estimate of drug-likeness (QED) is 0.387. The minimum Gasteiger partial charge on any atom is -0.478 e. The average molecular weight is 535 g/mol. The Morgan fingerprint density at radius 1 is 1.16 bits per heavy atom. The summed E-state index contributed by atoms with van der Waals surface area (Å²) in [5.74, 6) is -0.790. The summed E-state index contributed by atoms with van der Waals surface area (Å²) in [6, 6.07) is 16.5. The molecule has 0 spiro atoms. The van der Waals surface area contributed by atoms with Crippen LogP contribution in [0.2, 0.25) is 5.02 Å². The highest BCUT2D eigenvalue weighted by Crippen LogP contribution is 2.31. The predicted octanol–water partition coefficient (Wildman–Crippen LogP) is 4.02. The number of carboxylic acids is 1. The van der Waals surface area contributed by atoms with Crippen LogP contribution in [0.5, 0.6) is 0 Å². The van der Waals surface area contributed by atoms with Gasteiger partial charge in [0.2, 0.25) is 0 Å². The monoisotopic (exact) mass is 534 g/mol. The predicted molar refractivity (Wildman–Crippen MR) is 138 cm³/mol. The fraction of sp³-hybridized carbons (Fsp3) is 0.111. The van der Waals surface area contributed by atoms with E-state index in [4.69, 9.17) is 20.8 Å². The number of halogens is 1. The molecule has 186 valence electrons. The van der Waals surface area contributed by atoms with Gasteiger partial charge in [-0.2, -0.15) is 0 Å². The average Bonchev–Trinajstić information content (AvgIpc) is 3.47. The van der Waals surface area contributed by atoms with Gasteiger partial charge in [0.05, 0.1) is 39.5 Å². The van der Waals surface area contributed by atoms with Crippen molar-refractivity contribution in [1.29, 1.82) is 0 Å². The van der Waals surface area contributed by atoms with Gasteiger partial charge in [0.15, 0.2) is 4.80 Å². The fourth-order valence-corrected chi connectivity index (χ4v) is 5.49. The van der Waals surface area contributed by atoms with Crippen LogP contribution < -0.4 is 14.9 Å². The van der Waals surface area contributed by atoms with Crippen LogP contribution in [-0.2, 0) is 9.53 Å². The smallest absolute Gasteiger partial charge is 0.338 e. The number of carbonyl (C=O) groups is 2. The molecule has 0 radical (unpaired) electrons. The molecule has 4 aromatic rings. The summed E-state index contributed by atoms with van der Waals surface area (Å²) in [6.45, 7) is 1.72. The number of furan rings is 1. The van der Waals surface area contributed by atoms with Gasteiger partial charge in [-0.05, 0) is 36.8 Å². The topological polar surface area (TPSA) is 111 Å². The molecule has 5 rings (SSSR count). The van der Waals surface area contributed by atoms with Gasteiger partial charge < -0.3 is 14.3 Å². The van der Waals surface area contributed by atoms with Gasteiger partial charge in [0.1, 0.15) is 11.5 Å². The van der Waals surface area contributed by atoms with Gasteiger partial charge in [-0.1, -0.05) is 59.3 Å². The molecule has 1 unspecified atom stereocenters. The third-order valence-corrected chi connectivity index (χ3v) is 7.22. The fourth-order valence-electron chi connectivity index (χ4n) is 4.20. The maximum absolute atomic E-state index is 13.6. The molecule has 0 fully saturated rings. The number of nitrogens with zero attached hydrogens (tertiary/aromatic N) is 2. The van der Waals surface area contributed by atoms with E-state index in [1.54, 1.807) is 31.2 Å². The summed E-state index contributed by atoms with van der Waals surface area (Å²) in [5.41, 5.74) is 1.81. The molecule has 2 aromatic heterocycles. The van der Waals surface area contributed by atoms with Crippen molar-refractivity contribution in [2.75, 3.05) is 7.11 Å². The van der Waals surface area contributed by atoms with Crippen LogP contribution in [0.25, 0.3) is 17.4 Å². The van der Waals surface area contributed by atoms with Crippen LogP contribution in [0.4, 0.5) is 0 Å². The molecule has 1 atom stereocenters. The van der Waals surface area contributed by atoms with E-state index in [0.717, 1.165) is 5.56 Å². The highest BCUT2D eigenvalue weighted by molar-refractivity contribution is 7.07. The highest BCUT2D eigenvalue weighted by Gasteiger charge is 2.32. The Balaban J connectivity index is 1.60. The second-order valence-corrected chi connectivity index (χ2v) is 9.60. The van der Waals surface area contributed by atoms with E-state index in [-0.39, 0.29) is 16.1 Å². The molecule has 0 aliphatic carbocycles. The third-order valence-electron chi connectivity index (χ3n) is 5.93. The lowest BCUT2D eigenvalue weighted by molar-refractivity contribution is -0.136. The van der Waals surface area contributed by atoms with Gasteiger partial charge >= 0.3 is 11.9 Å². The number of methoxy groups -OCH3 is 1. The molecule has 0 saturated heterocycles. The molecule has 0 saturated carbocycles. The number of benzene rings is 2. The number of carboxylic acid groups (broad SMARTS) is 1. The van der Waals surface area contributed by atoms with E-state index < -0.39 is 18.0 Å². The Bertz CT molecular complexity index is 1760. The summed E-state index contributed by atoms with van der Waals surface area (Å²) in [6.07, 6.45) is 1.61. The number of allylic oxidation sites excluding steroid dienone is 1. The lowest BCUT2D eigenvalue weighted by Gasteiger charge is -2.24. The molecule has 1 aliphatic rings. The Labute approximate surface area is 219 Å². The summed E-state index contributed by atoms with van der Waals surface area (Å²) < 4.78 is 12.8. The normalized spacial score (nSPS) is 15.3. The van der Waals surface area contributed by atoms with Crippen molar-refractivity contribution in [3.8, 4) is 11.3 Å². The largest absolute Gasteiger partial charge is 0.478 e. The van der Waals surface area contributed by atoms with Gasteiger partial charge in [-0.25, -0.2) is 14.6 Å². The zero-order valence-electron chi connectivity index (χ0n) is 19.6. The van der Waals surface area contributed by atoms with Crippen molar-refractivity contribution in [2.45, 2.75) is 13.0 Å². The Morgan fingerprint density at radius 3 is 2.59 bits per heavy atom. The number of hydrogen-bond acceptors (Lipinski definition) is 7. The van der Waals surface area contributed by atoms with Crippen molar-refractivity contribution in [3.63, 3.8) is 0 Å². The molecule has 10 heteroatoms. The second kappa shape index (κ2) is 9.68. The standard InChI is InChI=1S/C27H19ClN2O6S/c1-14-22(26(34)35-2)23(15-6-4-3-5-7-15)30-24(31)21(37-27(30)29-14)13-17-9-11-20(36-17)16-8-10-18(25(32)33)19(28)12-16/h3-13,23H,1-2H3,(H,32,33). The van der Waals surface area contributed by atoms with Crippen LogP contribution in [0.15, 0.2) is 86.1 Å². The van der Waals surface area contributed by atoms with Crippen molar-refractivity contribution in [3.05, 3.63) is 114 Å². The van der Waals surface area contributed by atoms with Crippen LogP contribution >= 0.6 is 22.9 Å². The number of carbonyl (C=O) groups excluding carboxylic acids is 1. The molecular formula is C27H19ClN2O6S. The SMILES string of the molecule is COC(=O)C1=C(C)N=c2sc(=Cc3ccc(-c4ccc(C(=O)O)c(Cl)c4)o3)c(=O)n2C1c1ccccc1. The van der Waals surface area contributed by atoms with Gasteiger partial charge in [0, 0.05) is 11.6 Å². The van der Waals surface area contributed by atoms with E-state index in [0.29, 0.717) is 37.7 Å². The maximum atomic E-state index is 13.6. The molecule has 1 aliphatic heterocycles. The van der Waals surface area contributed by atoms with Crippen molar-refractivity contribution in [2.24, 2.45) is 4.99 Å². The number of rotatable bonds is 5. The number of aromatic nitrogens is 1. The van der Waals surface area contributed by atoms with Crippen LogP contribution in [0.3, 0.4) is 0 Å². The van der Waals surface area contributed by atoms with Crippen LogP contribution in [0, 0.1) is 0 Å². The molecule has 3 heterocycles. The molecule has 8 nitrogen and oxygen atoms in total. The lowest BCUT2D eigenvalue weighted by Crippen LogP contribution is -2.39. The Hall–Kier alpha value is -4.21. The maximum Gasteiger partial charge on any atom is 0.338 e. The lowest BCUT2D eigenvalue weighted by atomic mass is 9.96. The first kappa shape index (κ1) is 24.5. The van der Waals surface area contributed by atoms with Gasteiger partial charge in [-0.15, -0.1) is 0 Å². The molecular weight excluding hydrogens is 516 g/mol. The van der Waals surface area contributed by atoms with E-state index in [1.165, 1.54) is 35.1 Å². The van der Waals surface area contributed by atoms with Crippen molar-refractivity contribution < 1.29 is 23.8 Å². The Kier molecular flexibility index (Phi) is 6.41. The van der Waals surface area contributed by atoms with E-state index in [2.05, 4.69) is 4.99 Å². The first-order valence-corrected chi connectivity index (χ1v) is 12.3. The molecule has 2 aromatic carbocycles. The number of thiazole rings is 1. The van der Waals surface area contributed by atoms with E-state index >= 15 is 0 Å². The van der Waals surface area contributed by atoms with Gasteiger partial charge in [0.25, 0.3) is 5.56 Å². The summed E-state index contributed by atoms with van der Waals surface area (Å²) in [5, 5.41) is 9.27. The molecule has 0 bridgehead atoms. The first-order chi connectivity index (χ1) is 17.8. The van der Waals surface area contributed by atoms with Gasteiger partial charge in [-0.3, -0.25) is 9.36 Å². The Morgan fingerprint density at radius 2 is 1.92 bits per heavy atom. The second-order valence-electron chi connectivity index (χ2n) is 8.19. The van der Waals surface area contributed by atoms with E-state index in [9.17, 15) is 19.5 Å². The van der Waals surface area contributed by atoms with Crippen molar-refractivity contribution >= 4 is 41.0 Å². The number of hydrogen-bond donors (Lipinski definition) is 1. The highest BCUT2D eigenvalue weighted by atomic mass is 35.5. The number of aromatic carboxylic acids is 1. The molecule has 37 heavy (non-hydrogen) atoms. The van der Waals surface area contributed by atoms with Crippen LogP contribution in [-0.4, -0.2) is 28.7 Å². The number of esters is 1. The minimum absolute atomic E-state index is 0.00658. The van der Waals surface area contributed by atoms with Crippen LogP contribution in [0.1, 0.15) is 34.6 Å². The summed E-state index contributed by atoms with van der Waals surface area (Å²) in [4.78, 5) is 42.5. The third kappa shape index (κ3) is 4.43. The van der Waals surface area contributed by atoms with Crippen molar-refractivity contribution in [1.82, 2.24) is 4.57 Å². The first-order valence-electron chi connectivity index (χ1n) is 11.1. The molecule has 1 N–H and O–H groups in total. The zero-order chi connectivity index (χ0) is 26.3. The number of fused-ring (bicyclic) bond motifs is 1. The number of ether oxygens (including phenoxy) is 1. The summed E-state index contributed by atoms with van der Waals surface area (Å²) in [7, 11) is 1.30. The summed E-state index contributed by atoms with van der Waals surface area (Å²) >= 11 is 7.28. The zero-order valence-corrected chi connectivity index (χ0v) is 21.2.